The predicted molar refractivity (Wildman–Crippen MR) is 121 cm³/mol. The van der Waals surface area contributed by atoms with Crippen molar-refractivity contribution < 1.29 is 4.52 Å². The lowest BCUT2D eigenvalue weighted by molar-refractivity contribution is 0.135. The standard InChI is InChI=1S/C24H28N6O2/c1-3-18-7-9-19(10-8-18)20-14-21-24(31)29(12-13-30(21)26-20)15-22-25-23(32-27-22)16-28-11-5-4-6-17(28)2/h7-10,12-14,17H,3-6,11,15-16H2,1-2H3/t17-/m0/s1. The molecule has 1 fully saturated rings. The molecule has 1 atom stereocenters. The van der Waals surface area contributed by atoms with Gasteiger partial charge in [-0.1, -0.05) is 42.8 Å². The summed E-state index contributed by atoms with van der Waals surface area (Å²) in [5.41, 5.74) is 3.43. The number of hydrogen-bond donors (Lipinski definition) is 0. The van der Waals surface area contributed by atoms with Crippen molar-refractivity contribution in [3.05, 3.63) is 70.4 Å². The van der Waals surface area contributed by atoms with Crippen LogP contribution in [0.1, 0.15) is 50.4 Å². The van der Waals surface area contributed by atoms with Crippen LogP contribution in [0.2, 0.25) is 0 Å². The minimum absolute atomic E-state index is 0.132. The van der Waals surface area contributed by atoms with Gasteiger partial charge in [-0.3, -0.25) is 9.69 Å². The Bertz CT molecular complexity index is 1270. The first-order valence-electron chi connectivity index (χ1n) is 11.3. The number of aromatic nitrogens is 5. The van der Waals surface area contributed by atoms with Crippen molar-refractivity contribution in [2.75, 3.05) is 6.54 Å². The Morgan fingerprint density at radius 3 is 2.75 bits per heavy atom. The minimum Gasteiger partial charge on any atom is -0.338 e. The summed E-state index contributed by atoms with van der Waals surface area (Å²) in [6, 6.07) is 10.6. The van der Waals surface area contributed by atoms with Crippen LogP contribution in [0.4, 0.5) is 0 Å². The zero-order chi connectivity index (χ0) is 22.1. The fourth-order valence-electron chi connectivity index (χ4n) is 4.34. The van der Waals surface area contributed by atoms with Gasteiger partial charge in [0.05, 0.1) is 18.8 Å². The van der Waals surface area contributed by atoms with Gasteiger partial charge in [-0.2, -0.15) is 10.1 Å². The van der Waals surface area contributed by atoms with Gasteiger partial charge in [-0.05, 0) is 44.4 Å². The van der Waals surface area contributed by atoms with Crippen LogP contribution in [-0.4, -0.2) is 41.8 Å². The first kappa shape index (κ1) is 20.6. The molecule has 1 aromatic carbocycles. The molecule has 1 aliphatic heterocycles. The first-order chi connectivity index (χ1) is 15.6. The molecule has 0 bridgehead atoms. The van der Waals surface area contributed by atoms with E-state index in [1.165, 1.54) is 24.8 Å². The molecule has 0 aliphatic carbocycles. The molecule has 1 saturated heterocycles. The lowest BCUT2D eigenvalue weighted by Crippen LogP contribution is -2.36. The molecule has 0 amide bonds. The highest BCUT2D eigenvalue weighted by atomic mass is 16.5. The summed E-state index contributed by atoms with van der Waals surface area (Å²) >= 11 is 0. The van der Waals surface area contributed by atoms with E-state index >= 15 is 0 Å². The molecule has 4 aromatic rings. The number of piperidine rings is 1. The maximum absolute atomic E-state index is 13.1. The average Bonchev–Trinajstić information content (AvgIpc) is 3.45. The lowest BCUT2D eigenvalue weighted by atomic mass is 10.0. The van der Waals surface area contributed by atoms with E-state index in [1.54, 1.807) is 21.5 Å². The number of nitrogens with zero attached hydrogens (tertiary/aromatic N) is 6. The molecule has 8 heteroatoms. The maximum atomic E-state index is 13.1. The second-order valence-electron chi connectivity index (χ2n) is 8.56. The molecule has 32 heavy (non-hydrogen) atoms. The third-order valence-corrected chi connectivity index (χ3v) is 6.36. The summed E-state index contributed by atoms with van der Waals surface area (Å²) in [7, 11) is 0. The normalized spacial score (nSPS) is 17.2. The number of hydrogen-bond acceptors (Lipinski definition) is 6. The van der Waals surface area contributed by atoms with Crippen molar-refractivity contribution in [2.24, 2.45) is 0 Å². The molecule has 5 rings (SSSR count). The van der Waals surface area contributed by atoms with Crippen LogP contribution in [0, 0.1) is 0 Å². The summed E-state index contributed by atoms with van der Waals surface area (Å²) in [5.74, 6) is 1.11. The van der Waals surface area contributed by atoms with E-state index in [2.05, 4.69) is 46.1 Å². The zero-order valence-corrected chi connectivity index (χ0v) is 18.6. The lowest BCUT2D eigenvalue weighted by Gasteiger charge is -2.31. The molecule has 1 aliphatic rings. The zero-order valence-electron chi connectivity index (χ0n) is 18.6. The molecule has 8 nitrogen and oxygen atoms in total. The molecule has 4 heterocycles. The van der Waals surface area contributed by atoms with Crippen LogP contribution < -0.4 is 5.56 Å². The second-order valence-corrected chi connectivity index (χ2v) is 8.56. The van der Waals surface area contributed by atoms with Crippen LogP contribution >= 0.6 is 0 Å². The van der Waals surface area contributed by atoms with Crippen molar-refractivity contribution in [1.29, 1.82) is 0 Å². The fourth-order valence-corrected chi connectivity index (χ4v) is 4.34. The molecular weight excluding hydrogens is 404 g/mol. The molecule has 0 N–H and O–H groups in total. The smallest absolute Gasteiger partial charge is 0.277 e. The third-order valence-electron chi connectivity index (χ3n) is 6.36. The predicted octanol–water partition coefficient (Wildman–Crippen LogP) is 3.53. The maximum Gasteiger partial charge on any atom is 0.277 e. The van der Waals surface area contributed by atoms with Gasteiger partial charge in [0.1, 0.15) is 5.52 Å². The van der Waals surface area contributed by atoms with E-state index in [-0.39, 0.29) is 12.1 Å². The first-order valence-corrected chi connectivity index (χ1v) is 11.3. The van der Waals surface area contributed by atoms with Crippen LogP contribution in [-0.2, 0) is 19.5 Å². The Balaban J connectivity index is 1.35. The summed E-state index contributed by atoms with van der Waals surface area (Å²) in [6.07, 6.45) is 8.18. The Hall–Kier alpha value is -3.26. The van der Waals surface area contributed by atoms with E-state index in [4.69, 9.17) is 4.52 Å². The van der Waals surface area contributed by atoms with Crippen LogP contribution in [0.5, 0.6) is 0 Å². The summed E-state index contributed by atoms with van der Waals surface area (Å²) in [6.45, 7) is 6.34. The Morgan fingerprint density at radius 1 is 1.12 bits per heavy atom. The monoisotopic (exact) mass is 432 g/mol. The minimum atomic E-state index is -0.132. The molecule has 0 spiro atoms. The number of likely N-dealkylation sites (tertiary alicyclic amines) is 1. The van der Waals surface area contributed by atoms with Crippen molar-refractivity contribution in [3.8, 4) is 11.3 Å². The van der Waals surface area contributed by atoms with Crippen molar-refractivity contribution in [1.82, 2.24) is 29.2 Å². The third kappa shape index (κ3) is 4.10. The van der Waals surface area contributed by atoms with E-state index in [9.17, 15) is 4.79 Å². The number of fused-ring (bicyclic) bond motifs is 1. The van der Waals surface area contributed by atoms with Gasteiger partial charge in [-0.15, -0.1) is 0 Å². The van der Waals surface area contributed by atoms with Crippen molar-refractivity contribution >= 4 is 5.52 Å². The molecule has 3 aromatic heterocycles. The quantitative estimate of drug-likeness (QED) is 0.464. The summed E-state index contributed by atoms with van der Waals surface area (Å²) < 4.78 is 8.68. The van der Waals surface area contributed by atoms with Gasteiger partial charge in [-0.25, -0.2) is 4.52 Å². The number of rotatable bonds is 6. The Labute approximate surface area is 186 Å². The molecule has 0 radical (unpaired) electrons. The number of benzene rings is 1. The van der Waals surface area contributed by atoms with E-state index in [0.717, 1.165) is 24.2 Å². The van der Waals surface area contributed by atoms with E-state index < -0.39 is 0 Å². The highest BCUT2D eigenvalue weighted by Gasteiger charge is 2.21. The highest BCUT2D eigenvalue weighted by Crippen LogP contribution is 2.20. The SMILES string of the molecule is CCc1ccc(-c2cc3c(=O)n(Cc4noc(CN5CCCC[C@@H]5C)n4)ccn3n2)cc1. The van der Waals surface area contributed by atoms with Gasteiger partial charge >= 0.3 is 0 Å². The average molecular weight is 433 g/mol. The summed E-state index contributed by atoms with van der Waals surface area (Å²) in [5, 5.41) is 8.67. The second kappa shape index (κ2) is 8.70. The largest absolute Gasteiger partial charge is 0.338 e. The summed E-state index contributed by atoms with van der Waals surface area (Å²) in [4.78, 5) is 19.9. The van der Waals surface area contributed by atoms with E-state index in [1.807, 2.05) is 18.2 Å². The molecule has 166 valence electrons. The molecule has 0 unspecified atom stereocenters. The molecule has 0 saturated carbocycles. The van der Waals surface area contributed by atoms with Gasteiger partial charge in [0.2, 0.25) is 5.89 Å². The molecular formula is C24H28N6O2. The van der Waals surface area contributed by atoms with Gasteiger partial charge in [0, 0.05) is 24.0 Å². The van der Waals surface area contributed by atoms with Crippen molar-refractivity contribution in [2.45, 2.75) is 58.7 Å². The van der Waals surface area contributed by atoms with Gasteiger partial charge in [0.25, 0.3) is 5.56 Å². The Morgan fingerprint density at radius 2 is 1.97 bits per heavy atom. The van der Waals surface area contributed by atoms with Crippen molar-refractivity contribution in [3.63, 3.8) is 0 Å². The highest BCUT2D eigenvalue weighted by molar-refractivity contribution is 5.65. The van der Waals surface area contributed by atoms with Gasteiger partial charge < -0.3 is 9.09 Å². The fraction of sp³-hybridized carbons (Fsp3) is 0.417. The van der Waals surface area contributed by atoms with Crippen LogP contribution in [0.15, 0.2) is 52.0 Å². The topological polar surface area (TPSA) is 81.5 Å². The van der Waals surface area contributed by atoms with E-state index in [0.29, 0.717) is 29.8 Å². The Kier molecular flexibility index (Phi) is 5.61. The number of aryl methyl sites for hydroxylation is 1. The van der Waals surface area contributed by atoms with Gasteiger partial charge in [0.15, 0.2) is 5.82 Å². The van der Waals surface area contributed by atoms with Crippen LogP contribution in [0.25, 0.3) is 16.8 Å². The van der Waals surface area contributed by atoms with Crippen LogP contribution in [0.3, 0.4) is 0 Å².